The Morgan fingerprint density at radius 2 is 1.92 bits per heavy atom. The molecule has 3 nitrogen and oxygen atoms in total. The van der Waals surface area contributed by atoms with Gasteiger partial charge < -0.3 is 5.32 Å². The zero-order valence-electron chi connectivity index (χ0n) is 7.95. The molecular weight excluding hydrogens is 162 g/mol. The average Bonchev–Trinajstić information content (AvgIpc) is 2.61. The molecule has 1 saturated carbocycles. The van der Waals surface area contributed by atoms with Gasteiger partial charge in [0.05, 0.1) is 5.69 Å². The van der Waals surface area contributed by atoms with Crippen molar-refractivity contribution >= 4 is 5.82 Å². The molecule has 0 aromatic carbocycles. The summed E-state index contributed by atoms with van der Waals surface area (Å²) in [5.74, 6) is 0.953. The maximum atomic E-state index is 4.27. The van der Waals surface area contributed by atoms with Crippen LogP contribution in [0.4, 0.5) is 5.82 Å². The summed E-state index contributed by atoms with van der Waals surface area (Å²) in [5, 5.41) is 3.44. The molecule has 1 fully saturated rings. The van der Waals surface area contributed by atoms with Gasteiger partial charge in [-0.05, 0) is 19.8 Å². The van der Waals surface area contributed by atoms with E-state index >= 15 is 0 Å². The normalized spacial score (nSPS) is 17.6. The standard InChI is InChI=1S/C10H15N3/c1-8-10(12-7-6-11-8)13-9-4-2-3-5-9/h6-7,9H,2-5H2,1H3,(H,12,13). The molecule has 70 valence electrons. The van der Waals surface area contributed by atoms with Gasteiger partial charge in [-0.15, -0.1) is 0 Å². The Morgan fingerprint density at radius 3 is 2.62 bits per heavy atom. The number of nitrogens with one attached hydrogen (secondary N) is 1. The van der Waals surface area contributed by atoms with Crippen LogP contribution in [0.2, 0.25) is 0 Å². The zero-order chi connectivity index (χ0) is 9.10. The predicted molar refractivity (Wildman–Crippen MR) is 52.6 cm³/mol. The molecule has 0 atom stereocenters. The summed E-state index contributed by atoms with van der Waals surface area (Å²) in [6, 6.07) is 0.621. The molecule has 1 heterocycles. The van der Waals surface area contributed by atoms with Crippen LogP contribution in [0.25, 0.3) is 0 Å². The number of hydrogen-bond donors (Lipinski definition) is 1. The predicted octanol–water partition coefficient (Wildman–Crippen LogP) is 2.14. The van der Waals surface area contributed by atoms with E-state index in [4.69, 9.17) is 0 Å². The van der Waals surface area contributed by atoms with E-state index in [1.165, 1.54) is 25.7 Å². The first-order valence-electron chi connectivity index (χ1n) is 4.90. The van der Waals surface area contributed by atoms with Crippen LogP contribution < -0.4 is 5.32 Å². The Balaban J connectivity index is 2.04. The molecule has 0 radical (unpaired) electrons. The van der Waals surface area contributed by atoms with Gasteiger partial charge in [0, 0.05) is 18.4 Å². The summed E-state index contributed by atoms with van der Waals surface area (Å²) in [6.07, 6.45) is 8.71. The Labute approximate surface area is 78.6 Å². The van der Waals surface area contributed by atoms with Gasteiger partial charge in [0.25, 0.3) is 0 Å². The van der Waals surface area contributed by atoms with E-state index in [9.17, 15) is 0 Å². The second-order valence-corrected chi connectivity index (χ2v) is 3.62. The number of aryl methyl sites for hydroxylation is 1. The highest BCUT2D eigenvalue weighted by Gasteiger charge is 2.15. The fraction of sp³-hybridized carbons (Fsp3) is 0.600. The smallest absolute Gasteiger partial charge is 0.147 e. The van der Waals surface area contributed by atoms with Gasteiger partial charge in [0.2, 0.25) is 0 Å². The van der Waals surface area contributed by atoms with Gasteiger partial charge in [-0.1, -0.05) is 12.8 Å². The molecule has 1 aliphatic rings. The summed E-state index contributed by atoms with van der Waals surface area (Å²) < 4.78 is 0. The number of aromatic nitrogens is 2. The molecule has 1 aliphatic carbocycles. The van der Waals surface area contributed by atoms with Crippen LogP contribution in [-0.4, -0.2) is 16.0 Å². The Bertz CT molecular complexity index is 279. The van der Waals surface area contributed by atoms with Gasteiger partial charge in [-0.2, -0.15) is 0 Å². The summed E-state index contributed by atoms with van der Waals surface area (Å²) in [7, 11) is 0. The van der Waals surface area contributed by atoms with E-state index in [-0.39, 0.29) is 0 Å². The highest BCUT2D eigenvalue weighted by atomic mass is 15.0. The van der Waals surface area contributed by atoms with Gasteiger partial charge in [-0.25, -0.2) is 4.98 Å². The third kappa shape index (κ3) is 1.97. The third-order valence-electron chi connectivity index (χ3n) is 2.58. The number of nitrogens with zero attached hydrogens (tertiary/aromatic N) is 2. The van der Waals surface area contributed by atoms with Gasteiger partial charge in [-0.3, -0.25) is 4.98 Å². The molecule has 1 aromatic rings. The second-order valence-electron chi connectivity index (χ2n) is 3.62. The molecule has 1 aromatic heterocycles. The Morgan fingerprint density at radius 1 is 1.23 bits per heavy atom. The van der Waals surface area contributed by atoms with Crippen LogP contribution in [0.3, 0.4) is 0 Å². The molecule has 2 rings (SSSR count). The molecule has 1 N–H and O–H groups in total. The Hall–Kier alpha value is -1.12. The molecule has 13 heavy (non-hydrogen) atoms. The minimum atomic E-state index is 0.621. The molecule has 0 amide bonds. The first kappa shape index (κ1) is 8.48. The summed E-state index contributed by atoms with van der Waals surface area (Å²) in [6.45, 7) is 1.99. The lowest BCUT2D eigenvalue weighted by molar-refractivity contribution is 0.747. The molecular formula is C10H15N3. The molecule has 0 aliphatic heterocycles. The van der Waals surface area contributed by atoms with E-state index in [2.05, 4.69) is 15.3 Å². The van der Waals surface area contributed by atoms with Crippen molar-refractivity contribution in [1.82, 2.24) is 9.97 Å². The first-order chi connectivity index (χ1) is 6.36. The van der Waals surface area contributed by atoms with E-state index in [1.54, 1.807) is 12.4 Å². The maximum Gasteiger partial charge on any atom is 0.147 e. The number of rotatable bonds is 2. The van der Waals surface area contributed by atoms with E-state index in [1.807, 2.05) is 6.92 Å². The summed E-state index contributed by atoms with van der Waals surface area (Å²) in [5.41, 5.74) is 0.995. The van der Waals surface area contributed by atoms with Gasteiger partial charge in [0.15, 0.2) is 0 Å². The highest BCUT2D eigenvalue weighted by Crippen LogP contribution is 2.21. The van der Waals surface area contributed by atoms with Crippen LogP contribution in [0.5, 0.6) is 0 Å². The number of hydrogen-bond acceptors (Lipinski definition) is 3. The highest BCUT2D eigenvalue weighted by molar-refractivity contribution is 5.39. The quantitative estimate of drug-likeness (QED) is 0.752. The minimum absolute atomic E-state index is 0.621. The van der Waals surface area contributed by atoms with Gasteiger partial charge >= 0.3 is 0 Å². The maximum absolute atomic E-state index is 4.27. The van der Waals surface area contributed by atoms with Crippen LogP contribution >= 0.6 is 0 Å². The monoisotopic (exact) mass is 177 g/mol. The topological polar surface area (TPSA) is 37.8 Å². The molecule has 0 saturated heterocycles. The van der Waals surface area contributed by atoms with E-state index in [0.29, 0.717) is 6.04 Å². The largest absolute Gasteiger partial charge is 0.366 e. The van der Waals surface area contributed by atoms with Crippen molar-refractivity contribution in [3.63, 3.8) is 0 Å². The molecule has 0 bridgehead atoms. The van der Waals surface area contributed by atoms with Crippen LogP contribution in [-0.2, 0) is 0 Å². The summed E-state index contributed by atoms with van der Waals surface area (Å²) >= 11 is 0. The van der Waals surface area contributed by atoms with Crippen molar-refractivity contribution in [3.05, 3.63) is 18.1 Å². The molecule has 0 unspecified atom stereocenters. The first-order valence-corrected chi connectivity index (χ1v) is 4.90. The van der Waals surface area contributed by atoms with Crippen molar-refractivity contribution in [2.45, 2.75) is 38.6 Å². The minimum Gasteiger partial charge on any atom is -0.366 e. The zero-order valence-corrected chi connectivity index (χ0v) is 7.95. The van der Waals surface area contributed by atoms with Crippen LogP contribution in [0, 0.1) is 6.92 Å². The second kappa shape index (κ2) is 3.73. The lowest BCUT2D eigenvalue weighted by Gasteiger charge is -2.13. The SMILES string of the molecule is Cc1nccnc1NC1CCCC1. The molecule has 0 spiro atoms. The van der Waals surface area contributed by atoms with Crippen molar-refractivity contribution < 1.29 is 0 Å². The van der Waals surface area contributed by atoms with Crippen molar-refractivity contribution in [2.75, 3.05) is 5.32 Å². The van der Waals surface area contributed by atoms with E-state index < -0.39 is 0 Å². The van der Waals surface area contributed by atoms with E-state index in [0.717, 1.165) is 11.5 Å². The lowest BCUT2D eigenvalue weighted by Crippen LogP contribution is -2.16. The molecule has 3 heteroatoms. The van der Waals surface area contributed by atoms with Crippen molar-refractivity contribution in [2.24, 2.45) is 0 Å². The van der Waals surface area contributed by atoms with Crippen LogP contribution in [0.1, 0.15) is 31.4 Å². The average molecular weight is 177 g/mol. The fourth-order valence-corrected chi connectivity index (χ4v) is 1.81. The lowest BCUT2D eigenvalue weighted by atomic mass is 10.2. The van der Waals surface area contributed by atoms with Crippen LogP contribution in [0.15, 0.2) is 12.4 Å². The third-order valence-corrected chi connectivity index (χ3v) is 2.58. The van der Waals surface area contributed by atoms with Crippen molar-refractivity contribution in [3.8, 4) is 0 Å². The van der Waals surface area contributed by atoms with Gasteiger partial charge in [0.1, 0.15) is 5.82 Å². The Kier molecular flexibility index (Phi) is 2.43. The number of anilines is 1. The van der Waals surface area contributed by atoms with Crippen molar-refractivity contribution in [1.29, 1.82) is 0 Å². The fourth-order valence-electron chi connectivity index (χ4n) is 1.81. The summed E-state index contributed by atoms with van der Waals surface area (Å²) in [4.78, 5) is 8.46.